The van der Waals surface area contributed by atoms with Crippen LogP contribution >= 0.6 is 0 Å². The Bertz CT molecular complexity index is 435. The third kappa shape index (κ3) is 4.57. The highest BCUT2D eigenvalue weighted by molar-refractivity contribution is 5.42. The second-order valence-corrected chi connectivity index (χ2v) is 5.40. The Kier molecular flexibility index (Phi) is 5.85. The van der Waals surface area contributed by atoms with Gasteiger partial charge in [-0.3, -0.25) is 0 Å². The van der Waals surface area contributed by atoms with Crippen molar-refractivity contribution >= 4 is 0 Å². The van der Waals surface area contributed by atoms with E-state index in [1.807, 2.05) is 18.2 Å². The summed E-state index contributed by atoms with van der Waals surface area (Å²) in [4.78, 5) is 2.35. The summed E-state index contributed by atoms with van der Waals surface area (Å²) in [5.41, 5.74) is 0.828. The van der Waals surface area contributed by atoms with E-state index in [9.17, 15) is 0 Å². The average molecular weight is 260 g/mol. The number of hydrogen-bond donors (Lipinski definition) is 0. The molecule has 0 spiro atoms. The molecule has 0 fully saturated rings. The smallest absolute Gasteiger partial charge is 0.137 e. The van der Waals surface area contributed by atoms with Crippen molar-refractivity contribution in [2.45, 2.75) is 39.2 Å². The molecule has 3 heteroatoms. The molecule has 0 saturated heterocycles. The van der Waals surface area contributed by atoms with Crippen LogP contribution in [0.15, 0.2) is 24.3 Å². The maximum atomic E-state index is 8.96. The van der Waals surface area contributed by atoms with Gasteiger partial charge >= 0.3 is 0 Å². The zero-order valence-electron chi connectivity index (χ0n) is 12.4. The van der Waals surface area contributed by atoms with Crippen LogP contribution in [0.5, 0.6) is 5.75 Å². The molecule has 0 heterocycles. The van der Waals surface area contributed by atoms with E-state index < -0.39 is 0 Å². The van der Waals surface area contributed by atoms with Gasteiger partial charge in [0, 0.05) is 12.1 Å². The Morgan fingerprint density at radius 2 is 2.00 bits per heavy atom. The lowest BCUT2D eigenvalue weighted by Gasteiger charge is -2.34. The van der Waals surface area contributed by atoms with Crippen molar-refractivity contribution in [3.8, 4) is 11.8 Å². The van der Waals surface area contributed by atoms with Crippen LogP contribution in [0, 0.1) is 11.3 Å². The summed E-state index contributed by atoms with van der Waals surface area (Å²) in [7, 11) is 2.15. The van der Waals surface area contributed by atoms with Gasteiger partial charge in [0.15, 0.2) is 0 Å². The van der Waals surface area contributed by atoms with Crippen LogP contribution in [-0.2, 0) is 0 Å². The molecule has 1 aromatic carbocycles. The zero-order valence-corrected chi connectivity index (χ0v) is 12.4. The van der Waals surface area contributed by atoms with Crippen LogP contribution in [0.2, 0.25) is 0 Å². The van der Waals surface area contributed by atoms with Crippen molar-refractivity contribution in [2.75, 3.05) is 20.2 Å². The molecule has 0 N–H and O–H groups in total. The molecular formula is C16H24N2O. The largest absolute Gasteiger partial charge is 0.492 e. The minimum atomic E-state index is 0.227. The van der Waals surface area contributed by atoms with Gasteiger partial charge in [-0.25, -0.2) is 0 Å². The molecule has 0 aromatic heterocycles. The summed E-state index contributed by atoms with van der Waals surface area (Å²) in [5.74, 6) is 0.683. The quantitative estimate of drug-likeness (QED) is 0.704. The zero-order chi connectivity index (χ0) is 14.3. The van der Waals surface area contributed by atoms with Crippen LogP contribution < -0.4 is 4.74 Å². The lowest BCUT2D eigenvalue weighted by Crippen LogP contribution is -2.41. The first-order chi connectivity index (χ1) is 9.01. The van der Waals surface area contributed by atoms with Crippen LogP contribution in [0.4, 0.5) is 0 Å². The molecule has 0 aliphatic rings. The van der Waals surface area contributed by atoms with E-state index in [1.165, 1.54) is 0 Å². The summed E-state index contributed by atoms with van der Waals surface area (Å²) in [6.07, 6.45) is 2.08. The maximum absolute atomic E-state index is 8.96. The van der Waals surface area contributed by atoms with Crippen LogP contribution in [0.1, 0.15) is 39.2 Å². The molecule has 0 aliphatic carbocycles. The van der Waals surface area contributed by atoms with E-state index in [0.717, 1.165) is 19.4 Å². The highest BCUT2D eigenvalue weighted by atomic mass is 16.5. The van der Waals surface area contributed by atoms with E-state index in [4.69, 9.17) is 10.00 Å². The Hall–Kier alpha value is -1.53. The number of rotatable bonds is 7. The van der Waals surface area contributed by atoms with Gasteiger partial charge in [0.1, 0.15) is 11.8 Å². The standard InChI is InChI=1S/C16H24N2O/c1-5-16(2,3)18(4)11-8-12-19-15-10-7-6-9-14(15)13-17/h6-7,9-10H,5,8,11-12H2,1-4H3. The number of para-hydroxylation sites is 1. The van der Waals surface area contributed by atoms with Crippen molar-refractivity contribution in [1.29, 1.82) is 5.26 Å². The molecule has 0 aliphatic heterocycles. The molecule has 0 saturated carbocycles. The number of nitrogens with zero attached hydrogens (tertiary/aromatic N) is 2. The molecule has 0 unspecified atom stereocenters. The van der Waals surface area contributed by atoms with Crippen molar-refractivity contribution in [1.82, 2.24) is 4.90 Å². The first-order valence-electron chi connectivity index (χ1n) is 6.84. The lowest BCUT2D eigenvalue weighted by molar-refractivity contribution is 0.140. The summed E-state index contributed by atoms with van der Waals surface area (Å²) < 4.78 is 5.68. The van der Waals surface area contributed by atoms with Gasteiger partial charge in [-0.1, -0.05) is 19.1 Å². The SMILES string of the molecule is CCC(C)(C)N(C)CCCOc1ccccc1C#N. The highest BCUT2D eigenvalue weighted by Gasteiger charge is 2.20. The Morgan fingerprint density at radius 1 is 1.32 bits per heavy atom. The van der Waals surface area contributed by atoms with Gasteiger partial charge < -0.3 is 9.64 Å². The number of nitriles is 1. The third-order valence-corrected chi connectivity index (χ3v) is 3.80. The minimum Gasteiger partial charge on any atom is -0.492 e. The fourth-order valence-electron chi connectivity index (χ4n) is 1.74. The second-order valence-electron chi connectivity index (χ2n) is 5.40. The Balaban J connectivity index is 2.38. The topological polar surface area (TPSA) is 36.3 Å². The molecule has 0 radical (unpaired) electrons. The fraction of sp³-hybridized carbons (Fsp3) is 0.562. The number of ether oxygens (including phenoxy) is 1. The molecule has 0 bridgehead atoms. The minimum absolute atomic E-state index is 0.227. The molecule has 1 aromatic rings. The van der Waals surface area contributed by atoms with Crippen molar-refractivity contribution < 1.29 is 4.74 Å². The predicted molar refractivity (Wildman–Crippen MR) is 78.3 cm³/mol. The van der Waals surface area contributed by atoms with E-state index in [1.54, 1.807) is 6.07 Å². The lowest BCUT2D eigenvalue weighted by atomic mass is 10.00. The average Bonchev–Trinajstić information content (AvgIpc) is 2.43. The molecular weight excluding hydrogens is 236 g/mol. The fourth-order valence-corrected chi connectivity index (χ4v) is 1.74. The van der Waals surface area contributed by atoms with Crippen molar-refractivity contribution in [3.05, 3.63) is 29.8 Å². The normalized spacial score (nSPS) is 11.4. The first-order valence-corrected chi connectivity index (χ1v) is 6.84. The number of hydrogen-bond acceptors (Lipinski definition) is 3. The van der Waals surface area contributed by atoms with E-state index in [0.29, 0.717) is 17.9 Å². The van der Waals surface area contributed by atoms with Gasteiger partial charge in [0.05, 0.1) is 12.2 Å². The predicted octanol–water partition coefficient (Wildman–Crippen LogP) is 3.45. The van der Waals surface area contributed by atoms with Gasteiger partial charge in [0.2, 0.25) is 0 Å². The van der Waals surface area contributed by atoms with Crippen molar-refractivity contribution in [3.63, 3.8) is 0 Å². The first kappa shape index (κ1) is 15.5. The monoisotopic (exact) mass is 260 g/mol. The van der Waals surface area contributed by atoms with E-state index in [2.05, 4.69) is 38.8 Å². The van der Waals surface area contributed by atoms with Crippen molar-refractivity contribution in [2.24, 2.45) is 0 Å². The molecule has 0 atom stereocenters. The number of benzene rings is 1. The Morgan fingerprint density at radius 3 is 2.63 bits per heavy atom. The highest BCUT2D eigenvalue weighted by Crippen LogP contribution is 2.18. The summed E-state index contributed by atoms with van der Waals surface area (Å²) >= 11 is 0. The second kappa shape index (κ2) is 7.16. The summed E-state index contributed by atoms with van der Waals surface area (Å²) in [6, 6.07) is 9.51. The molecule has 1 rings (SSSR count). The van der Waals surface area contributed by atoms with E-state index in [-0.39, 0.29) is 5.54 Å². The van der Waals surface area contributed by atoms with Crippen LogP contribution in [-0.4, -0.2) is 30.6 Å². The molecule has 3 nitrogen and oxygen atoms in total. The third-order valence-electron chi connectivity index (χ3n) is 3.80. The molecule has 104 valence electrons. The molecule has 0 amide bonds. The Labute approximate surface area is 116 Å². The molecule has 19 heavy (non-hydrogen) atoms. The van der Waals surface area contributed by atoms with Gasteiger partial charge in [-0.15, -0.1) is 0 Å². The maximum Gasteiger partial charge on any atom is 0.137 e. The van der Waals surface area contributed by atoms with Crippen LogP contribution in [0.3, 0.4) is 0 Å². The van der Waals surface area contributed by atoms with Gasteiger partial charge in [-0.2, -0.15) is 5.26 Å². The van der Waals surface area contributed by atoms with Gasteiger partial charge in [0.25, 0.3) is 0 Å². The van der Waals surface area contributed by atoms with E-state index >= 15 is 0 Å². The van der Waals surface area contributed by atoms with Gasteiger partial charge in [-0.05, 0) is 45.9 Å². The summed E-state index contributed by atoms with van der Waals surface area (Å²) in [6.45, 7) is 8.34. The van der Waals surface area contributed by atoms with Crippen LogP contribution in [0.25, 0.3) is 0 Å². The summed E-state index contributed by atoms with van der Waals surface area (Å²) in [5, 5.41) is 8.96.